The number of rotatable bonds is 3. The van der Waals surface area contributed by atoms with E-state index >= 15 is 0 Å². The van der Waals surface area contributed by atoms with Gasteiger partial charge in [-0.05, 0) is 25.3 Å². The number of hydrogen-bond donors (Lipinski definition) is 2. The van der Waals surface area contributed by atoms with Crippen LogP contribution in [0, 0.1) is 0 Å². The van der Waals surface area contributed by atoms with Gasteiger partial charge >= 0.3 is 0 Å². The molecule has 0 aromatic carbocycles. The van der Waals surface area contributed by atoms with Crippen molar-refractivity contribution in [2.24, 2.45) is 10.9 Å². The average Bonchev–Trinajstić information content (AvgIpc) is 2.71. The highest BCUT2D eigenvalue weighted by molar-refractivity contribution is 6.36. The van der Waals surface area contributed by atoms with Crippen LogP contribution in [0.4, 0.5) is 5.82 Å². The van der Waals surface area contributed by atoms with Crippen LogP contribution in [-0.2, 0) is 0 Å². The molecule has 1 aliphatic rings. The average molecular weight is 297 g/mol. The van der Waals surface area contributed by atoms with Crippen molar-refractivity contribution in [3.05, 3.63) is 22.8 Å². The van der Waals surface area contributed by atoms with Gasteiger partial charge in [-0.15, -0.1) is 0 Å². The van der Waals surface area contributed by atoms with Gasteiger partial charge in [0.05, 0.1) is 5.02 Å². The van der Waals surface area contributed by atoms with Gasteiger partial charge in [-0.25, -0.2) is 4.98 Å². The second-order valence-corrected chi connectivity index (χ2v) is 5.46. The van der Waals surface area contributed by atoms with Gasteiger partial charge in [0.25, 0.3) is 0 Å². The van der Waals surface area contributed by atoms with E-state index in [4.69, 9.17) is 22.5 Å². The van der Waals surface area contributed by atoms with Crippen molar-refractivity contribution in [2.45, 2.75) is 45.1 Å². The molecule has 1 atom stereocenters. The van der Waals surface area contributed by atoms with Gasteiger partial charge in [0, 0.05) is 24.3 Å². The second kappa shape index (κ2) is 6.79. The van der Waals surface area contributed by atoms with Crippen LogP contribution in [0.25, 0.3) is 0 Å². The van der Waals surface area contributed by atoms with Crippen LogP contribution in [0.3, 0.4) is 0 Å². The molecule has 0 bridgehead atoms. The molecule has 0 saturated carbocycles. The number of nitrogens with two attached hydrogens (primary N) is 1. The van der Waals surface area contributed by atoms with E-state index in [1.54, 1.807) is 12.3 Å². The number of anilines is 1. The summed E-state index contributed by atoms with van der Waals surface area (Å²) in [6.45, 7) is 3.13. The van der Waals surface area contributed by atoms with Crippen LogP contribution >= 0.6 is 11.6 Å². The minimum atomic E-state index is 0.0153. The maximum Gasteiger partial charge on any atom is 0.171 e. The predicted molar refractivity (Wildman–Crippen MR) is 81.7 cm³/mol. The van der Waals surface area contributed by atoms with Gasteiger partial charge in [0.15, 0.2) is 5.84 Å². The summed E-state index contributed by atoms with van der Waals surface area (Å²) in [7, 11) is 0. The summed E-state index contributed by atoms with van der Waals surface area (Å²) in [5, 5.41) is 12.3. The maximum atomic E-state index is 8.83. The van der Waals surface area contributed by atoms with Crippen LogP contribution in [0.2, 0.25) is 5.02 Å². The fourth-order valence-corrected chi connectivity index (χ4v) is 3.08. The fourth-order valence-electron chi connectivity index (χ4n) is 2.77. The maximum absolute atomic E-state index is 8.83. The second-order valence-electron chi connectivity index (χ2n) is 5.09. The first-order valence-corrected chi connectivity index (χ1v) is 7.45. The number of hydrogen-bond acceptors (Lipinski definition) is 4. The van der Waals surface area contributed by atoms with Gasteiger partial charge in [0.2, 0.25) is 0 Å². The lowest BCUT2D eigenvalue weighted by Crippen LogP contribution is -2.35. The van der Waals surface area contributed by atoms with Gasteiger partial charge in [-0.3, -0.25) is 0 Å². The lowest BCUT2D eigenvalue weighted by Gasteiger charge is -2.31. The van der Waals surface area contributed by atoms with Crippen molar-refractivity contribution in [2.75, 3.05) is 11.4 Å². The zero-order valence-electron chi connectivity index (χ0n) is 11.7. The smallest absolute Gasteiger partial charge is 0.171 e. The number of pyridine rings is 1. The summed E-state index contributed by atoms with van der Waals surface area (Å²) in [5.74, 6) is 0.756. The van der Waals surface area contributed by atoms with E-state index in [-0.39, 0.29) is 5.84 Å². The molecule has 20 heavy (non-hydrogen) atoms. The molecular formula is C14H21ClN4O. The Morgan fingerprint density at radius 2 is 2.35 bits per heavy atom. The minimum Gasteiger partial charge on any atom is -0.409 e. The quantitative estimate of drug-likeness (QED) is 0.389. The summed E-state index contributed by atoms with van der Waals surface area (Å²) in [5.41, 5.74) is 6.19. The van der Waals surface area contributed by atoms with Crippen LogP contribution in [0.15, 0.2) is 17.4 Å². The van der Waals surface area contributed by atoms with Gasteiger partial charge in [-0.1, -0.05) is 36.5 Å². The van der Waals surface area contributed by atoms with Crippen LogP contribution in [0.1, 0.15) is 44.6 Å². The van der Waals surface area contributed by atoms with Crippen LogP contribution < -0.4 is 10.6 Å². The van der Waals surface area contributed by atoms with Gasteiger partial charge < -0.3 is 15.8 Å². The molecule has 0 amide bonds. The molecule has 1 aliphatic heterocycles. The molecule has 1 fully saturated rings. The summed E-state index contributed by atoms with van der Waals surface area (Å²) in [4.78, 5) is 6.69. The van der Waals surface area contributed by atoms with Crippen molar-refractivity contribution in [1.29, 1.82) is 0 Å². The molecule has 0 radical (unpaired) electrons. The third-order valence-electron chi connectivity index (χ3n) is 3.87. The molecule has 0 spiro atoms. The third kappa shape index (κ3) is 2.98. The molecule has 2 heterocycles. The van der Waals surface area contributed by atoms with Crippen molar-refractivity contribution >= 4 is 23.3 Å². The van der Waals surface area contributed by atoms with Crippen molar-refractivity contribution in [3.8, 4) is 0 Å². The first-order valence-electron chi connectivity index (χ1n) is 7.08. The van der Waals surface area contributed by atoms with Gasteiger partial charge in [0.1, 0.15) is 5.82 Å². The van der Waals surface area contributed by atoms with Crippen molar-refractivity contribution in [3.63, 3.8) is 0 Å². The summed E-state index contributed by atoms with van der Waals surface area (Å²) >= 11 is 6.42. The molecule has 5 nitrogen and oxygen atoms in total. The molecular weight excluding hydrogens is 276 g/mol. The highest BCUT2D eigenvalue weighted by Crippen LogP contribution is 2.31. The van der Waals surface area contributed by atoms with Crippen molar-refractivity contribution < 1.29 is 5.21 Å². The van der Waals surface area contributed by atoms with E-state index in [0.717, 1.165) is 31.6 Å². The number of nitrogens with zero attached hydrogens (tertiary/aromatic N) is 3. The fraction of sp³-hybridized carbons (Fsp3) is 0.571. The predicted octanol–water partition coefficient (Wildman–Crippen LogP) is 2.99. The zero-order valence-corrected chi connectivity index (χ0v) is 12.5. The highest BCUT2D eigenvalue weighted by atomic mass is 35.5. The molecule has 2 rings (SSSR count). The molecule has 1 aromatic heterocycles. The largest absolute Gasteiger partial charge is 0.409 e. The Balaban J connectivity index is 2.40. The van der Waals surface area contributed by atoms with E-state index < -0.39 is 0 Å². The third-order valence-corrected chi connectivity index (χ3v) is 4.25. The molecule has 3 N–H and O–H groups in total. The Hall–Kier alpha value is -1.49. The summed E-state index contributed by atoms with van der Waals surface area (Å²) in [6.07, 6.45) is 7.50. The topological polar surface area (TPSA) is 74.7 Å². The first kappa shape index (κ1) is 14.9. The Morgan fingerprint density at radius 3 is 3.05 bits per heavy atom. The monoisotopic (exact) mass is 296 g/mol. The summed E-state index contributed by atoms with van der Waals surface area (Å²) < 4.78 is 0. The number of oxime groups is 1. The Kier molecular flexibility index (Phi) is 5.06. The molecule has 1 saturated heterocycles. The van der Waals surface area contributed by atoms with Crippen LogP contribution in [-0.4, -0.2) is 28.6 Å². The molecule has 0 aliphatic carbocycles. The van der Waals surface area contributed by atoms with E-state index in [1.807, 2.05) is 0 Å². The van der Waals surface area contributed by atoms with E-state index in [9.17, 15) is 0 Å². The standard InChI is InChI=1S/C14H21ClN4O/c1-2-10-6-4-3-5-9-19(10)14-12(15)11(7-8-17-14)13(16)18-20/h7-8,10,20H,2-6,9H2,1H3,(H2,16,18). The molecule has 110 valence electrons. The lowest BCUT2D eigenvalue weighted by atomic mass is 10.1. The minimum absolute atomic E-state index is 0.0153. The lowest BCUT2D eigenvalue weighted by molar-refractivity contribution is 0.318. The molecule has 1 aromatic rings. The van der Waals surface area contributed by atoms with Gasteiger partial charge in [-0.2, -0.15) is 0 Å². The number of amidine groups is 1. The Morgan fingerprint density at radius 1 is 1.55 bits per heavy atom. The molecule has 6 heteroatoms. The van der Waals surface area contributed by atoms with E-state index in [0.29, 0.717) is 16.6 Å². The highest BCUT2D eigenvalue weighted by Gasteiger charge is 2.24. The number of halogens is 1. The Bertz CT molecular complexity index is 492. The zero-order chi connectivity index (χ0) is 14.5. The number of aromatic nitrogens is 1. The van der Waals surface area contributed by atoms with E-state index in [2.05, 4.69) is 22.0 Å². The first-order chi connectivity index (χ1) is 9.69. The van der Waals surface area contributed by atoms with Crippen LogP contribution in [0.5, 0.6) is 0 Å². The normalized spacial score (nSPS) is 20.8. The SMILES string of the molecule is CCC1CCCCCN1c1nccc(/C(N)=N/O)c1Cl. The van der Waals surface area contributed by atoms with E-state index in [1.165, 1.54) is 12.8 Å². The Labute approximate surface area is 124 Å². The molecule has 1 unspecified atom stereocenters. The summed E-state index contributed by atoms with van der Waals surface area (Å²) in [6, 6.07) is 2.12. The van der Waals surface area contributed by atoms with Crippen molar-refractivity contribution in [1.82, 2.24) is 4.98 Å².